The van der Waals surface area contributed by atoms with E-state index in [4.69, 9.17) is 21.0 Å². The molecule has 11 nitrogen and oxygen atoms in total. The van der Waals surface area contributed by atoms with Crippen LogP contribution in [0.3, 0.4) is 0 Å². The van der Waals surface area contributed by atoms with Gasteiger partial charge in [-0.25, -0.2) is 23.4 Å². The van der Waals surface area contributed by atoms with Crippen LogP contribution in [-0.2, 0) is 26.0 Å². The summed E-state index contributed by atoms with van der Waals surface area (Å²) in [6, 6.07) is 22.2. The molecule has 0 aliphatic carbocycles. The first-order chi connectivity index (χ1) is 23.1. The minimum Gasteiger partial charge on any atom is -0.753 e. The van der Waals surface area contributed by atoms with E-state index in [1.54, 1.807) is 6.20 Å². The molecule has 0 unspecified atom stereocenters. The maximum absolute atomic E-state index is 14.1. The summed E-state index contributed by atoms with van der Waals surface area (Å²) in [5, 5.41) is 34.6. The van der Waals surface area contributed by atoms with Crippen LogP contribution in [0.4, 0.5) is 8.78 Å². The number of benzene rings is 2. The second-order valence-electron chi connectivity index (χ2n) is 9.11. The van der Waals surface area contributed by atoms with Crippen LogP contribution in [0.2, 0.25) is 0 Å². The zero-order chi connectivity index (χ0) is 35.1. The Morgan fingerprint density at radius 2 is 1.27 bits per heavy atom. The van der Waals surface area contributed by atoms with Crippen molar-refractivity contribution >= 4 is 57.7 Å². The summed E-state index contributed by atoms with van der Waals surface area (Å²) in [7, 11) is 0. The maximum Gasteiger partial charge on any atom is 2.00 e. The molecule has 0 atom stereocenters. The molecular weight excluding hydrogens is 762 g/mol. The van der Waals surface area contributed by atoms with Gasteiger partial charge in [-0.05, 0) is 54.6 Å². The zero-order valence-corrected chi connectivity index (χ0v) is 28.2. The minimum atomic E-state index is -1.08. The van der Waals surface area contributed by atoms with E-state index in [-0.39, 0.29) is 37.1 Å². The molecule has 4 heterocycles. The SMILES string of the molecule is Fc1ccc(Cn2c(-c3ccccn3)nc3ccccc32)c(F)c1.O=C(O)c1ccnc(-c2cc(C(=O)O)ccn2)c1.[N-]=C=S.[N-]=C=S.[Ru+2]. The quantitative estimate of drug-likeness (QED) is 0.0992. The molecule has 16 heteroatoms. The molecule has 0 fully saturated rings. The number of nitrogens with zero attached hydrogens (tertiary/aromatic N) is 7. The van der Waals surface area contributed by atoms with Crippen molar-refractivity contribution in [2.75, 3.05) is 0 Å². The summed E-state index contributed by atoms with van der Waals surface area (Å²) in [5.74, 6) is -2.65. The van der Waals surface area contributed by atoms with Gasteiger partial charge < -0.3 is 25.6 Å². The van der Waals surface area contributed by atoms with Gasteiger partial charge in [-0.2, -0.15) is 10.3 Å². The Bertz CT molecular complexity index is 2060. The number of hydrogen-bond donors (Lipinski definition) is 2. The smallest absolute Gasteiger partial charge is 0.753 e. The number of pyridine rings is 3. The number of rotatable bonds is 6. The Balaban J connectivity index is 0.000000297. The molecule has 0 spiro atoms. The van der Waals surface area contributed by atoms with E-state index >= 15 is 0 Å². The Kier molecular flexibility index (Phi) is 16.1. The molecular formula is C33H21F2N7O4RuS2. The summed E-state index contributed by atoms with van der Waals surface area (Å²) in [4.78, 5) is 38.6. The van der Waals surface area contributed by atoms with Crippen LogP contribution in [0, 0.1) is 11.6 Å². The number of imidazole rings is 1. The molecule has 2 N–H and O–H groups in total. The first-order valence-electron chi connectivity index (χ1n) is 13.4. The van der Waals surface area contributed by atoms with Gasteiger partial charge in [-0.3, -0.25) is 15.0 Å². The number of aromatic carboxylic acids is 2. The predicted octanol–water partition coefficient (Wildman–Crippen LogP) is 7.28. The largest absolute Gasteiger partial charge is 2.00 e. The van der Waals surface area contributed by atoms with Crippen molar-refractivity contribution in [3.8, 4) is 22.9 Å². The van der Waals surface area contributed by atoms with Gasteiger partial charge in [-0.15, -0.1) is 0 Å². The summed E-state index contributed by atoms with van der Waals surface area (Å²) in [5.41, 5.74) is 3.57. The van der Waals surface area contributed by atoms with Crippen LogP contribution in [0.5, 0.6) is 0 Å². The van der Waals surface area contributed by atoms with Gasteiger partial charge in [0, 0.05) is 30.2 Å². The van der Waals surface area contributed by atoms with E-state index in [0.717, 1.165) is 17.1 Å². The number of fused-ring (bicyclic) bond motifs is 1. The fourth-order valence-electron chi connectivity index (χ4n) is 4.15. The van der Waals surface area contributed by atoms with E-state index in [1.807, 2.05) is 47.0 Å². The van der Waals surface area contributed by atoms with Gasteiger partial charge in [0.1, 0.15) is 17.3 Å². The number of halogens is 2. The molecule has 2 aromatic carbocycles. The predicted molar refractivity (Wildman–Crippen MR) is 182 cm³/mol. The van der Waals surface area contributed by atoms with E-state index in [9.17, 15) is 18.4 Å². The van der Waals surface area contributed by atoms with Crippen molar-refractivity contribution in [1.82, 2.24) is 24.5 Å². The Morgan fingerprint density at radius 3 is 1.78 bits per heavy atom. The molecule has 0 aliphatic rings. The first kappa shape index (κ1) is 39.6. The fourth-order valence-corrected chi connectivity index (χ4v) is 4.15. The van der Waals surface area contributed by atoms with Crippen LogP contribution in [0.25, 0.3) is 44.8 Å². The van der Waals surface area contributed by atoms with Gasteiger partial charge >= 0.3 is 31.4 Å². The average molecular weight is 783 g/mol. The third-order valence-electron chi connectivity index (χ3n) is 6.17. The van der Waals surface area contributed by atoms with Crippen LogP contribution in [0.1, 0.15) is 26.3 Å². The topological polar surface area (TPSA) is 176 Å². The summed E-state index contributed by atoms with van der Waals surface area (Å²) < 4.78 is 29.1. The number of thiocarbonyl (C=S) groups is 2. The first-order valence-corrected chi connectivity index (χ1v) is 14.2. The summed E-state index contributed by atoms with van der Waals surface area (Å²) in [6.45, 7) is 0.249. The van der Waals surface area contributed by atoms with E-state index < -0.39 is 23.6 Å². The average Bonchev–Trinajstić information content (AvgIpc) is 3.46. The van der Waals surface area contributed by atoms with Gasteiger partial charge in [0.05, 0.1) is 40.1 Å². The second kappa shape index (κ2) is 19.9. The normalized spacial score (nSPS) is 9.43. The molecule has 0 aliphatic heterocycles. The number of aromatic nitrogens is 5. The number of carboxylic acid groups (broad SMARTS) is 2. The van der Waals surface area contributed by atoms with Crippen LogP contribution in [0.15, 0.2) is 104 Å². The number of carboxylic acids is 2. The van der Waals surface area contributed by atoms with Crippen LogP contribution >= 0.6 is 24.4 Å². The van der Waals surface area contributed by atoms with Crippen molar-refractivity contribution in [3.63, 3.8) is 0 Å². The molecule has 0 bridgehead atoms. The van der Waals surface area contributed by atoms with Gasteiger partial charge in [0.25, 0.3) is 0 Å². The number of carbonyl (C=O) groups is 2. The van der Waals surface area contributed by atoms with E-state index in [1.165, 1.54) is 59.1 Å². The van der Waals surface area contributed by atoms with Crippen molar-refractivity contribution in [2.45, 2.75) is 6.54 Å². The van der Waals surface area contributed by atoms with Crippen molar-refractivity contribution in [2.24, 2.45) is 0 Å². The maximum atomic E-state index is 14.1. The zero-order valence-electron chi connectivity index (χ0n) is 24.8. The number of para-hydroxylation sites is 2. The third kappa shape index (κ3) is 11.3. The Labute approximate surface area is 301 Å². The third-order valence-corrected chi connectivity index (χ3v) is 6.17. The van der Waals surface area contributed by atoms with Gasteiger partial charge in [0.15, 0.2) is 5.82 Å². The molecule has 0 saturated carbocycles. The molecule has 6 rings (SSSR count). The summed E-state index contributed by atoms with van der Waals surface area (Å²) >= 11 is 7.40. The number of hydrogen-bond acceptors (Lipinski definition) is 8. The fraction of sp³-hybridized carbons (Fsp3) is 0.0303. The van der Waals surface area contributed by atoms with Crippen LogP contribution < -0.4 is 0 Å². The van der Waals surface area contributed by atoms with Gasteiger partial charge in [0.2, 0.25) is 0 Å². The van der Waals surface area contributed by atoms with Crippen molar-refractivity contribution in [1.29, 1.82) is 0 Å². The summed E-state index contributed by atoms with van der Waals surface area (Å²) in [6.07, 6.45) is 4.37. The molecule has 0 amide bonds. The van der Waals surface area contributed by atoms with Gasteiger partial charge in [-0.1, -0.05) is 48.7 Å². The minimum absolute atomic E-state index is 0. The molecule has 6 aromatic rings. The van der Waals surface area contributed by atoms with Crippen molar-refractivity contribution < 1.29 is 48.1 Å². The van der Waals surface area contributed by atoms with E-state index in [0.29, 0.717) is 28.5 Å². The molecule has 4 aromatic heterocycles. The van der Waals surface area contributed by atoms with Crippen LogP contribution in [-0.4, -0.2) is 57.0 Å². The van der Waals surface area contributed by atoms with Crippen molar-refractivity contribution in [3.05, 3.63) is 143 Å². The Hall–Kier alpha value is -5.62. The molecule has 0 saturated heterocycles. The Morgan fingerprint density at radius 1 is 0.735 bits per heavy atom. The monoisotopic (exact) mass is 783 g/mol. The number of isothiocyanates is 2. The molecule has 246 valence electrons. The second-order valence-corrected chi connectivity index (χ2v) is 9.48. The molecule has 49 heavy (non-hydrogen) atoms. The standard InChI is InChI=1S/C19H13F2N3.C12H8N2O4.2CNS.Ru/c20-14-9-8-13(15(21)11-14)12-24-18-7-2-1-5-16(18)23-19(24)17-6-3-4-10-22-17;15-11(16)7-1-3-13-9(5-7)10-6-8(12(17)18)2-4-14-10;2*2-1-3;/h1-11H,12H2;1-6H,(H,15,16)(H,17,18);;;/q;;2*-1;+2. The van der Waals surface area contributed by atoms with E-state index in [2.05, 4.69) is 44.4 Å². The molecule has 0 radical (unpaired) electrons.